The fourth-order valence-electron chi connectivity index (χ4n) is 1.79. The van der Waals surface area contributed by atoms with Gasteiger partial charge in [-0.05, 0) is 24.3 Å². The van der Waals surface area contributed by atoms with Gasteiger partial charge in [-0.1, -0.05) is 6.07 Å². The van der Waals surface area contributed by atoms with Gasteiger partial charge < -0.3 is 5.32 Å². The van der Waals surface area contributed by atoms with Gasteiger partial charge in [-0.15, -0.1) is 0 Å². The Morgan fingerprint density at radius 3 is 2.52 bits per heavy atom. The lowest BCUT2D eigenvalue weighted by Crippen LogP contribution is -2.20. The van der Waals surface area contributed by atoms with Crippen LogP contribution >= 0.6 is 0 Å². The Hall–Kier alpha value is -2.57. The summed E-state index contributed by atoms with van der Waals surface area (Å²) in [7, 11) is 0. The van der Waals surface area contributed by atoms with E-state index in [4.69, 9.17) is 0 Å². The quantitative estimate of drug-likeness (QED) is 0.926. The maximum Gasteiger partial charge on any atom is 0.417 e. The van der Waals surface area contributed by atoms with Crippen LogP contribution in [0, 0.1) is 0 Å². The molecule has 0 atom stereocenters. The van der Waals surface area contributed by atoms with Crippen LogP contribution < -0.4 is 10.9 Å². The third kappa shape index (κ3) is 3.50. The average Bonchev–Trinajstić information content (AvgIpc) is 2.37. The van der Waals surface area contributed by atoms with Crippen LogP contribution in [-0.2, 0) is 11.0 Å². The molecule has 0 aliphatic rings. The predicted molar refractivity (Wildman–Crippen MR) is 71.3 cm³/mol. The van der Waals surface area contributed by atoms with Crippen LogP contribution in [0.4, 0.5) is 18.9 Å². The Labute approximate surface area is 117 Å². The molecular formula is C14H11F3N2O2. The summed E-state index contributed by atoms with van der Waals surface area (Å²) in [6, 6.07) is 7.59. The number of aromatic nitrogens is 1. The topological polar surface area (TPSA) is 51.1 Å². The fraction of sp³-hybridized carbons (Fsp3) is 0.143. The van der Waals surface area contributed by atoms with Gasteiger partial charge in [0.05, 0.1) is 11.3 Å². The normalized spacial score (nSPS) is 11.2. The minimum absolute atomic E-state index is 0.234. The van der Waals surface area contributed by atoms with Crippen LogP contribution in [0.3, 0.4) is 0 Å². The highest BCUT2D eigenvalue weighted by molar-refractivity contribution is 5.88. The summed E-state index contributed by atoms with van der Waals surface area (Å²) in [5, 5.41) is 2.50. The first-order chi connectivity index (χ1) is 9.77. The number of carbonyl (C=O) groups excluding carboxylic acids is 1. The number of halogens is 3. The number of rotatable bonds is 2. The highest BCUT2D eigenvalue weighted by Gasteiger charge is 2.31. The van der Waals surface area contributed by atoms with Crippen molar-refractivity contribution in [3.63, 3.8) is 0 Å². The maximum absolute atomic E-state index is 12.7. The van der Waals surface area contributed by atoms with Crippen LogP contribution in [0.25, 0.3) is 5.69 Å². The zero-order valence-corrected chi connectivity index (χ0v) is 10.9. The summed E-state index contributed by atoms with van der Waals surface area (Å²) in [6.07, 6.45) is -3.81. The molecule has 1 amide bonds. The van der Waals surface area contributed by atoms with E-state index < -0.39 is 17.3 Å². The Morgan fingerprint density at radius 2 is 1.90 bits per heavy atom. The van der Waals surface area contributed by atoms with Crippen molar-refractivity contribution < 1.29 is 18.0 Å². The second kappa shape index (κ2) is 5.43. The number of hydrogen-bond acceptors (Lipinski definition) is 2. The first-order valence-electron chi connectivity index (χ1n) is 5.95. The SMILES string of the molecule is CC(=O)Nc1cccc(-n2cc(C(F)(F)F)ccc2=O)c1. The van der Waals surface area contributed by atoms with Crippen molar-refractivity contribution in [3.8, 4) is 5.69 Å². The molecule has 110 valence electrons. The van der Waals surface area contributed by atoms with Crippen molar-refractivity contribution in [1.82, 2.24) is 4.57 Å². The standard InChI is InChI=1S/C14H11F3N2O2/c1-9(20)18-11-3-2-4-12(7-11)19-8-10(14(15,16)17)5-6-13(19)21/h2-8H,1H3,(H,18,20). The Morgan fingerprint density at radius 1 is 1.19 bits per heavy atom. The molecule has 0 aliphatic carbocycles. The second-order valence-electron chi connectivity index (χ2n) is 4.36. The highest BCUT2D eigenvalue weighted by atomic mass is 19.4. The first-order valence-corrected chi connectivity index (χ1v) is 5.95. The third-order valence-electron chi connectivity index (χ3n) is 2.68. The molecule has 0 bridgehead atoms. The predicted octanol–water partition coefficient (Wildman–Crippen LogP) is 2.81. The van der Waals surface area contributed by atoms with E-state index in [2.05, 4.69) is 5.32 Å². The van der Waals surface area contributed by atoms with E-state index in [1.807, 2.05) is 0 Å². The lowest BCUT2D eigenvalue weighted by atomic mass is 10.2. The van der Waals surface area contributed by atoms with Crippen molar-refractivity contribution >= 4 is 11.6 Å². The minimum Gasteiger partial charge on any atom is -0.326 e. The van der Waals surface area contributed by atoms with E-state index in [0.717, 1.165) is 22.9 Å². The van der Waals surface area contributed by atoms with Gasteiger partial charge in [0.1, 0.15) is 0 Å². The smallest absolute Gasteiger partial charge is 0.326 e. The zero-order valence-electron chi connectivity index (χ0n) is 10.9. The number of alkyl halides is 3. The lowest BCUT2D eigenvalue weighted by molar-refractivity contribution is -0.138. The average molecular weight is 296 g/mol. The van der Waals surface area contributed by atoms with Crippen LogP contribution in [0.2, 0.25) is 0 Å². The fourth-order valence-corrected chi connectivity index (χ4v) is 1.79. The molecule has 0 radical (unpaired) electrons. The molecule has 21 heavy (non-hydrogen) atoms. The number of anilines is 1. The Bertz CT molecular complexity index is 735. The maximum atomic E-state index is 12.7. The molecule has 0 fully saturated rings. The molecule has 2 rings (SSSR count). The van der Waals surface area contributed by atoms with Gasteiger partial charge in [0.25, 0.3) is 5.56 Å². The van der Waals surface area contributed by atoms with E-state index in [1.54, 1.807) is 6.07 Å². The van der Waals surface area contributed by atoms with Crippen molar-refractivity contribution in [3.05, 3.63) is 58.5 Å². The molecule has 7 heteroatoms. The van der Waals surface area contributed by atoms with Crippen molar-refractivity contribution in [2.45, 2.75) is 13.1 Å². The van der Waals surface area contributed by atoms with Gasteiger partial charge in [-0.3, -0.25) is 14.2 Å². The van der Waals surface area contributed by atoms with E-state index in [9.17, 15) is 22.8 Å². The molecule has 0 saturated heterocycles. The monoisotopic (exact) mass is 296 g/mol. The highest BCUT2D eigenvalue weighted by Crippen LogP contribution is 2.28. The summed E-state index contributed by atoms with van der Waals surface area (Å²) >= 11 is 0. The molecule has 1 aromatic heterocycles. The van der Waals surface area contributed by atoms with Crippen LogP contribution in [0.5, 0.6) is 0 Å². The Balaban J connectivity index is 2.51. The molecule has 1 heterocycles. The number of benzene rings is 1. The van der Waals surface area contributed by atoms with E-state index >= 15 is 0 Å². The summed E-state index contributed by atoms with van der Waals surface area (Å²) in [5.41, 5.74) is -0.892. The number of nitrogens with zero attached hydrogens (tertiary/aromatic N) is 1. The number of pyridine rings is 1. The summed E-state index contributed by atoms with van der Waals surface area (Å²) in [5.74, 6) is -0.316. The number of carbonyl (C=O) groups is 1. The van der Waals surface area contributed by atoms with Crippen molar-refractivity contribution in [1.29, 1.82) is 0 Å². The third-order valence-corrected chi connectivity index (χ3v) is 2.68. The summed E-state index contributed by atoms with van der Waals surface area (Å²) in [4.78, 5) is 22.7. The van der Waals surface area contributed by atoms with Gasteiger partial charge in [0.15, 0.2) is 0 Å². The van der Waals surface area contributed by atoms with Crippen LogP contribution in [-0.4, -0.2) is 10.5 Å². The largest absolute Gasteiger partial charge is 0.417 e. The van der Waals surface area contributed by atoms with E-state index in [-0.39, 0.29) is 11.6 Å². The second-order valence-corrected chi connectivity index (χ2v) is 4.36. The Kier molecular flexibility index (Phi) is 3.84. The molecule has 1 aromatic carbocycles. The molecular weight excluding hydrogens is 285 g/mol. The van der Waals surface area contributed by atoms with Gasteiger partial charge >= 0.3 is 6.18 Å². The van der Waals surface area contributed by atoms with Crippen molar-refractivity contribution in [2.24, 2.45) is 0 Å². The molecule has 0 aliphatic heterocycles. The number of hydrogen-bond donors (Lipinski definition) is 1. The van der Waals surface area contributed by atoms with Gasteiger partial charge in [-0.25, -0.2) is 0 Å². The number of amides is 1. The lowest BCUT2D eigenvalue weighted by Gasteiger charge is -2.11. The molecule has 2 aromatic rings. The molecule has 0 saturated carbocycles. The van der Waals surface area contributed by atoms with Crippen molar-refractivity contribution in [2.75, 3.05) is 5.32 Å². The van der Waals surface area contributed by atoms with Crippen LogP contribution in [0.15, 0.2) is 47.4 Å². The first kappa shape index (κ1) is 14.8. The van der Waals surface area contributed by atoms with E-state index in [1.165, 1.54) is 25.1 Å². The molecule has 0 unspecified atom stereocenters. The summed E-state index contributed by atoms with van der Waals surface area (Å²) in [6.45, 7) is 1.31. The molecule has 1 N–H and O–H groups in total. The van der Waals surface area contributed by atoms with Gasteiger partial charge in [0, 0.05) is 24.9 Å². The van der Waals surface area contributed by atoms with Gasteiger partial charge in [-0.2, -0.15) is 13.2 Å². The molecule has 4 nitrogen and oxygen atoms in total. The van der Waals surface area contributed by atoms with Crippen LogP contribution in [0.1, 0.15) is 12.5 Å². The molecule has 0 spiro atoms. The number of nitrogens with one attached hydrogen (secondary N) is 1. The summed E-state index contributed by atoms with van der Waals surface area (Å²) < 4.78 is 39.0. The zero-order chi connectivity index (χ0) is 15.6. The minimum atomic E-state index is -4.54. The van der Waals surface area contributed by atoms with Gasteiger partial charge in [0.2, 0.25) is 5.91 Å². The van der Waals surface area contributed by atoms with E-state index in [0.29, 0.717) is 5.69 Å².